The minimum absolute atomic E-state index is 1.07. The van der Waals surface area contributed by atoms with Gasteiger partial charge in [0.25, 0.3) is 0 Å². The molecule has 0 spiro atoms. The predicted octanol–water partition coefficient (Wildman–Crippen LogP) is 18.4. The Bertz CT molecular complexity index is 3970. The van der Waals surface area contributed by atoms with Crippen LogP contribution in [-0.4, -0.2) is 4.57 Å². The molecular formula is C66H44N2. The van der Waals surface area contributed by atoms with Gasteiger partial charge in [-0.3, -0.25) is 0 Å². The highest BCUT2D eigenvalue weighted by molar-refractivity contribution is 6.15. The average Bonchev–Trinajstić information content (AvgIpc) is 3.75. The Balaban J connectivity index is 1.05. The van der Waals surface area contributed by atoms with Gasteiger partial charge in [-0.1, -0.05) is 212 Å². The van der Waals surface area contributed by atoms with E-state index in [1.54, 1.807) is 0 Å². The first-order valence-corrected chi connectivity index (χ1v) is 23.4. The maximum Gasteiger partial charge on any atom is 0.0541 e. The van der Waals surface area contributed by atoms with Gasteiger partial charge in [0.15, 0.2) is 0 Å². The van der Waals surface area contributed by atoms with E-state index in [9.17, 15) is 0 Å². The van der Waals surface area contributed by atoms with E-state index in [0.717, 1.165) is 50.6 Å². The molecule has 0 N–H and O–H groups in total. The zero-order chi connectivity index (χ0) is 45.0. The second-order valence-corrected chi connectivity index (χ2v) is 17.6. The standard InChI is InChI=1S/C66H44N2/c1-2-19-46(20-3-1)60-43-49(54-26-10-14-33-62(54)68-64-35-16-11-29-57(64)58-30-12-17-36-65(58)68)39-42-66(60)67(50-40-37-47(38-41-50)52-32-18-23-45-21-4-6-24-51(45)52)63-34-15-13-31-59(63)61-44-48-22-5-7-25-53(48)55-27-8-9-28-56(55)61/h1-44H. The van der Waals surface area contributed by atoms with Crippen molar-refractivity contribution in [1.29, 1.82) is 0 Å². The summed E-state index contributed by atoms with van der Waals surface area (Å²) in [6.45, 7) is 0. The van der Waals surface area contributed by atoms with E-state index in [2.05, 4.69) is 276 Å². The Morgan fingerprint density at radius 3 is 1.53 bits per heavy atom. The van der Waals surface area contributed by atoms with Gasteiger partial charge in [0.1, 0.15) is 0 Å². The number of anilines is 3. The number of benzene rings is 12. The van der Waals surface area contributed by atoms with Gasteiger partial charge in [-0.25, -0.2) is 0 Å². The molecule has 12 aromatic carbocycles. The van der Waals surface area contributed by atoms with Crippen molar-refractivity contribution < 1.29 is 0 Å². The van der Waals surface area contributed by atoms with Crippen molar-refractivity contribution in [2.45, 2.75) is 0 Å². The molecule has 68 heavy (non-hydrogen) atoms. The van der Waals surface area contributed by atoms with Crippen LogP contribution in [0.3, 0.4) is 0 Å². The van der Waals surface area contributed by atoms with Crippen LogP contribution >= 0.6 is 0 Å². The van der Waals surface area contributed by atoms with Crippen molar-refractivity contribution in [3.8, 4) is 50.2 Å². The molecule has 0 aliphatic rings. The molecule has 1 heterocycles. The summed E-state index contributed by atoms with van der Waals surface area (Å²) < 4.78 is 2.43. The van der Waals surface area contributed by atoms with Crippen molar-refractivity contribution in [2.24, 2.45) is 0 Å². The van der Waals surface area contributed by atoms with Crippen molar-refractivity contribution in [3.63, 3.8) is 0 Å². The van der Waals surface area contributed by atoms with Crippen molar-refractivity contribution in [2.75, 3.05) is 4.90 Å². The van der Waals surface area contributed by atoms with Crippen LogP contribution in [-0.2, 0) is 0 Å². The van der Waals surface area contributed by atoms with Crippen molar-refractivity contribution in [1.82, 2.24) is 4.57 Å². The second kappa shape index (κ2) is 16.5. The summed E-state index contributed by atoms with van der Waals surface area (Å²) in [6, 6.07) is 97.7. The summed E-state index contributed by atoms with van der Waals surface area (Å²) in [5, 5.41) is 9.93. The third-order valence-corrected chi connectivity index (χ3v) is 13.8. The topological polar surface area (TPSA) is 8.17 Å². The molecule has 0 saturated heterocycles. The Kier molecular flexibility index (Phi) is 9.54. The molecule has 0 saturated carbocycles. The smallest absolute Gasteiger partial charge is 0.0541 e. The lowest BCUT2D eigenvalue weighted by molar-refractivity contribution is 1.18. The molecule has 13 rings (SSSR count). The van der Waals surface area contributed by atoms with Gasteiger partial charge in [0.2, 0.25) is 0 Å². The van der Waals surface area contributed by atoms with Crippen molar-refractivity contribution in [3.05, 3.63) is 267 Å². The highest BCUT2D eigenvalue weighted by Crippen LogP contribution is 2.48. The fourth-order valence-corrected chi connectivity index (χ4v) is 10.7. The Hall–Kier alpha value is -8.98. The summed E-state index contributed by atoms with van der Waals surface area (Å²) in [5.41, 5.74) is 16.1. The second-order valence-electron chi connectivity index (χ2n) is 17.6. The van der Waals surface area contributed by atoms with Crippen LogP contribution in [0.1, 0.15) is 0 Å². The van der Waals surface area contributed by atoms with Crippen LogP contribution in [0.2, 0.25) is 0 Å². The van der Waals surface area contributed by atoms with Crippen LogP contribution in [0.5, 0.6) is 0 Å². The molecule has 2 heteroatoms. The van der Waals surface area contributed by atoms with Gasteiger partial charge in [-0.05, 0) is 115 Å². The molecule has 0 aliphatic heterocycles. The molecule has 0 unspecified atom stereocenters. The minimum Gasteiger partial charge on any atom is -0.309 e. The lowest BCUT2D eigenvalue weighted by Gasteiger charge is -2.31. The fraction of sp³-hybridized carbons (Fsp3) is 0. The van der Waals surface area contributed by atoms with Gasteiger partial charge in [0, 0.05) is 33.2 Å². The maximum absolute atomic E-state index is 2.48. The third kappa shape index (κ3) is 6.57. The van der Waals surface area contributed by atoms with E-state index < -0.39 is 0 Å². The van der Waals surface area contributed by atoms with Gasteiger partial charge in [-0.15, -0.1) is 0 Å². The molecule has 0 amide bonds. The molecular weight excluding hydrogens is 821 g/mol. The summed E-state index contributed by atoms with van der Waals surface area (Å²) in [4.78, 5) is 2.48. The first kappa shape index (κ1) is 39.4. The molecule has 0 radical (unpaired) electrons. The van der Waals surface area contributed by atoms with Gasteiger partial charge >= 0.3 is 0 Å². The van der Waals surface area contributed by atoms with Crippen molar-refractivity contribution >= 4 is 71.2 Å². The summed E-state index contributed by atoms with van der Waals surface area (Å²) in [6.07, 6.45) is 0. The first-order chi connectivity index (χ1) is 33.8. The molecule has 2 nitrogen and oxygen atoms in total. The zero-order valence-electron chi connectivity index (χ0n) is 37.3. The molecule has 318 valence electrons. The minimum atomic E-state index is 1.07. The van der Waals surface area contributed by atoms with Gasteiger partial charge in [0.05, 0.1) is 28.1 Å². The van der Waals surface area contributed by atoms with E-state index in [0.29, 0.717) is 0 Å². The van der Waals surface area contributed by atoms with E-state index in [1.807, 2.05) is 0 Å². The molecule has 0 atom stereocenters. The molecule has 0 aliphatic carbocycles. The Labute approximate surface area is 395 Å². The van der Waals surface area contributed by atoms with Crippen LogP contribution in [0, 0.1) is 0 Å². The average molecular weight is 865 g/mol. The van der Waals surface area contributed by atoms with Crippen LogP contribution < -0.4 is 4.90 Å². The third-order valence-electron chi connectivity index (χ3n) is 13.8. The highest BCUT2D eigenvalue weighted by Gasteiger charge is 2.24. The first-order valence-electron chi connectivity index (χ1n) is 23.4. The Morgan fingerprint density at radius 1 is 0.250 bits per heavy atom. The zero-order valence-corrected chi connectivity index (χ0v) is 37.3. The monoisotopic (exact) mass is 864 g/mol. The number of para-hydroxylation sites is 4. The van der Waals surface area contributed by atoms with Crippen LogP contribution in [0.15, 0.2) is 267 Å². The van der Waals surface area contributed by atoms with Crippen LogP contribution in [0.25, 0.3) is 104 Å². The highest BCUT2D eigenvalue weighted by atomic mass is 15.1. The molecule has 1 aromatic heterocycles. The number of fused-ring (bicyclic) bond motifs is 7. The van der Waals surface area contributed by atoms with E-state index in [1.165, 1.54) is 70.8 Å². The summed E-state index contributed by atoms with van der Waals surface area (Å²) in [7, 11) is 0. The van der Waals surface area contributed by atoms with Gasteiger partial charge < -0.3 is 9.47 Å². The van der Waals surface area contributed by atoms with Gasteiger partial charge in [-0.2, -0.15) is 0 Å². The lowest BCUT2D eigenvalue weighted by atomic mass is 9.91. The van der Waals surface area contributed by atoms with E-state index >= 15 is 0 Å². The largest absolute Gasteiger partial charge is 0.309 e. The van der Waals surface area contributed by atoms with E-state index in [-0.39, 0.29) is 0 Å². The maximum atomic E-state index is 2.48. The van der Waals surface area contributed by atoms with E-state index in [4.69, 9.17) is 0 Å². The predicted molar refractivity (Wildman–Crippen MR) is 290 cm³/mol. The lowest BCUT2D eigenvalue weighted by Crippen LogP contribution is -2.12. The Morgan fingerprint density at radius 2 is 0.765 bits per heavy atom. The number of nitrogens with zero attached hydrogens (tertiary/aromatic N) is 2. The van der Waals surface area contributed by atoms with Crippen LogP contribution in [0.4, 0.5) is 17.1 Å². The molecule has 0 fully saturated rings. The summed E-state index contributed by atoms with van der Waals surface area (Å²) >= 11 is 0. The summed E-state index contributed by atoms with van der Waals surface area (Å²) in [5.74, 6) is 0. The number of hydrogen-bond donors (Lipinski definition) is 0. The number of hydrogen-bond acceptors (Lipinski definition) is 1. The normalized spacial score (nSPS) is 11.5. The number of aromatic nitrogens is 1. The molecule has 0 bridgehead atoms. The SMILES string of the molecule is c1ccc(-c2cc(-c3ccccc3-n3c4ccccc4c4ccccc43)ccc2N(c2ccc(-c3cccc4ccccc34)cc2)c2ccccc2-c2cc3ccccc3c3ccccc23)cc1. The quantitative estimate of drug-likeness (QED) is 0.138. The molecule has 13 aromatic rings. The number of rotatable bonds is 8. The fourth-order valence-electron chi connectivity index (χ4n) is 10.7.